The number of likely N-dealkylation sites (N-methyl/N-ethyl adjacent to an activating group) is 2. The molecule has 0 amide bonds. The van der Waals surface area contributed by atoms with E-state index >= 15 is 0 Å². The maximum absolute atomic E-state index is 13.5. The highest BCUT2D eigenvalue weighted by atomic mass is 32.1. The lowest BCUT2D eigenvalue weighted by atomic mass is 10.2. The number of hydrogen-bond donors (Lipinski definition) is 1. The zero-order valence-electron chi connectivity index (χ0n) is 11.8. The third-order valence-electron chi connectivity index (χ3n) is 4.11. The van der Waals surface area contributed by atoms with Gasteiger partial charge in [-0.05, 0) is 44.5 Å². The van der Waals surface area contributed by atoms with Crippen LogP contribution in [-0.2, 0) is 6.54 Å². The number of hydrogen-bond acceptors (Lipinski definition) is 3. The number of piperazine rings is 1. The Kier molecular flexibility index (Phi) is 3.62. The third kappa shape index (κ3) is 2.51. The number of aromatic nitrogens is 2. The Balaban J connectivity index is 1.95. The molecule has 1 aromatic carbocycles. The minimum absolute atomic E-state index is 0.227. The zero-order chi connectivity index (χ0) is 14.3. The molecule has 1 saturated heterocycles. The Morgan fingerprint density at radius 1 is 1.35 bits per heavy atom. The summed E-state index contributed by atoms with van der Waals surface area (Å²) in [4.78, 5) is 7.82. The van der Waals surface area contributed by atoms with Crippen molar-refractivity contribution in [2.75, 3.05) is 33.7 Å². The minimum atomic E-state index is -0.227. The van der Waals surface area contributed by atoms with Crippen LogP contribution in [0.25, 0.3) is 11.0 Å². The molecule has 1 N–H and O–H groups in total. The van der Waals surface area contributed by atoms with Crippen molar-refractivity contribution in [3.8, 4) is 0 Å². The van der Waals surface area contributed by atoms with Gasteiger partial charge in [-0.2, -0.15) is 0 Å². The number of imidazole rings is 1. The topological polar surface area (TPSA) is 27.2 Å². The summed E-state index contributed by atoms with van der Waals surface area (Å²) in [6.07, 6.45) is 0. The van der Waals surface area contributed by atoms with Gasteiger partial charge < -0.3 is 14.5 Å². The Bertz CT molecular complexity index is 677. The Hall–Kier alpha value is -1.24. The number of rotatable bonds is 2. The summed E-state index contributed by atoms with van der Waals surface area (Å²) in [6.45, 7) is 3.91. The molecule has 1 aliphatic rings. The minimum Gasteiger partial charge on any atom is -0.331 e. The van der Waals surface area contributed by atoms with Gasteiger partial charge in [0.2, 0.25) is 0 Å². The summed E-state index contributed by atoms with van der Waals surface area (Å²) in [6, 6.07) is 5.14. The van der Waals surface area contributed by atoms with Gasteiger partial charge in [0.05, 0.1) is 11.0 Å². The fraction of sp³-hybridized carbons (Fsp3) is 0.500. The third-order valence-corrected chi connectivity index (χ3v) is 4.43. The molecular formula is C14H19FN4S. The maximum Gasteiger partial charge on any atom is 0.178 e. The van der Waals surface area contributed by atoms with E-state index < -0.39 is 0 Å². The van der Waals surface area contributed by atoms with Crippen molar-refractivity contribution in [2.24, 2.45) is 0 Å². The van der Waals surface area contributed by atoms with Crippen molar-refractivity contribution in [3.63, 3.8) is 0 Å². The average Bonchev–Trinajstić information content (AvgIpc) is 2.70. The van der Waals surface area contributed by atoms with Crippen LogP contribution < -0.4 is 0 Å². The standard InChI is InChI=1S/C14H19FN4S/c1-17-5-6-18(2)11(8-17)9-19-13-7-10(15)3-4-12(13)16-14(19)20/h3-4,7,11H,5-6,8-9H2,1-2H3,(H,16,20). The van der Waals surface area contributed by atoms with E-state index in [4.69, 9.17) is 12.2 Å². The lowest BCUT2D eigenvalue weighted by molar-refractivity contribution is 0.103. The van der Waals surface area contributed by atoms with Gasteiger partial charge in [0, 0.05) is 32.2 Å². The van der Waals surface area contributed by atoms with Crippen molar-refractivity contribution < 1.29 is 4.39 Å². The highest BCUT2D eigenvalue weighted by Crippen LogP contribution is 2.18. The molecule has 6 heteroatoms. The van der Waals surface area contributed by atoms with Gasteiger partial charge in [-0.1, -0.05) is 0 Å². The van der Waals surface area contributed by atoms with Gasteiger partial charge in [-0.15, -0.1) is 0 Å². The predicted molar refractivity (Wildman–Crippen MR) is 81.0 cm³/mol. The molecule has 0 radical (unpaired) electrons. The van der Waals surface area contributed by atoms with E-state index in [-0.39, 0.29) is 5.82 Å². The largest absolute Gasteiger partial charge is 0.331 e. The molecule has 4 nitrogen and oxygen atoms in total. The van der Waals surface area contributed by atoms with E-state index in [9.17, 15) is 4.39 Å². The molecule has 0 aliphatic carbocycles. The molecule has 0 saturated carbocycles. The van der Waals surface area contributed by atoms with Gasteiger partial charge in [-0.25, -0.2) is 4.39 Å². The molecule has 1 unspecified atom stereocenters. The summed E-state index contributed by atoms with van der Waals surface area (Å²) in [7, 11) is 4.27. The number of fused-ring (bicyclic) bond motifs is 1. The zero-order valence-corrected chi connectivity index (χ0v) is 12.6. The first-order valence-corrected chi connectivity index (χ1v) is 7.22. The molecule has 1 atom stereocenters. The quantitative estimate of drug-likeness (QED) is 0.859. The first-order valence-electron chi connectivity index (χ1n) is 6.81. The first kappa shape index (κ1) is 13.7. The molecule has 1 fully saturated rings. The highest BCUT2D eigenvalue weighted by Gasteiger charge is 2.23. The molecular weight excluding hydrogens is 275 g/mol. The monoisotopic (exact) mass is 294 g/mol. The number of nitrogens with one attached hydrogen (secondary N) is 1. The second kappa shape index (κ2) is 5.27. The number of nitrogens with zero attached hydrogens (tertiary/aromatic N) is 3. The van der Waals surface area contributed by atoms with Crippen LogP contribution in [0.3, 0.4) is 0 Å². The maximum atomic E-state index is 13.5. The van der Waals surface area contributed by atoms with Crippen LogP contribution in [0.2, 0.25) is 0 Å². The van der Waals surface area contributed by atoms with E-state index in [1.54, 1.807) is 12.1 Å². The number of aromatic amines is 1. The van der Waals surface area contributed by atoms with Crippen molar-refractivity contribution in [1.29, 1.82) is 0 Å². The van der Waals surface area contributed by atoms with Crippen LogP contribution in [0.5, 0.6) is 0 Å². The second-order valence-electron chi connectivity index (χ2n) is 5.60. The number of halogens is 1. The van der Waals surface area contributed by atoms with E-state index in [0.29, 0.717) is 10.8 Å². The molecule has 2 aromatic rings. The smallest absolute Gasteiger partial charge is 0.178 e. The molecule has 20 heavy (non-hydrogen) atoms. The van der Waals surface area contributed by atoms with Crippen LogP contribution in [0.15, 0.2) is 18.2 Å². The molecule has 2 heterocycles. The van der Waals surface area contributed by atoms with E-state index in [2.05, 4.69) is 28.9 Å². The van der Waals surface area contributed by atoms with Crippen molar-refractivity contribution >= 4 is 23.3 Å². The fourth-order valence-electron chi connectivity index (χ4n) is 2.82. The average molecular weight is 294 g/mol. The summed E-state index contributed by atoms with van der Waals surface area (Å²) >= 11 is 5.39. The summed E-state index contributed by atoms with van der Waals surface area (Å²) < 4.78 is 16.1. The number of benzene rings is 1. The van der Waals surface area contributed by atoms with E-state index in [0.717, 1.165) is 37.2 Å². The van der Waals surface area contributed by atoms with Crippen LogP contribution in [0.4, 0.5) is 4.39 Å². The Labute approximate surface area is 122 Å². The molecule has 0 bridgehead atoms. The molecule has 1 aliphatic heterocycles. The first-order chi connectivity index (χ1) is 9.54. The van der Waals surface area contributed by atoms with Crippen LogP contribution in [0.1, 0.15) is 0 Å². The lowest BCUT2D eigenvalue weighted by Gasteiger charge is -2.37. The van der Waals surface area contributed by atoms with Gasteiger partial charge in [0.1, 0.15) is 5.82 Å². The highest BCUT2D eigenvalue weighted by molar-refractivity contribution is 7.71. The van der Waals surface area contributed by atoms with Gasteiger partial charge in [0.25, 0.3) is 0 Å². The van der Waals surface area contributed by atoms with Crippen LogP contribution in [0, 0.1) is 10.6 Å². The van der Waals surface area contributed by atoms with Gasteiger partial charge in [0.15, 0.2) is 4.77 Å². The molecule has 1 aromatic heterocycles. The second-order valence-corrected chi connectivity index (χ2v) is 5.99. The molecule has 0 spiro atoms. The van der Waals surface area contributed by atoms with E-state index in [1.165, 1.54) is 6.07 Å². The summed E-state index contributed by atoms with van der Waals surface area (Å²) in [5.74, 6) is -0.227. The Morgan fingerprint density at radius 3 is 2.95 bits per heavy atom. The van der Waals surface area contributed by atoms with E-state index in [1.807, 2.05) is 4.57 Å². The normalized spacial score (nSPS) is 21.6. The van der Waals surface area contributed by atoms with Crippen molar-refractivity contribution in [1.82, 2.24) is 19.4 Å². The lowest BCUT2D eigenvalue weighted by Crippen LogP contribution is -2.51. The summed E-state index contributed by atoms with van der Waals surface area (Å²) in [5, 5.41) is 0. The fourth-order valence-corrected chi connectivity index (χ4v) is 3.10. The SMILES string of the molecule is CN1CCN(C)C(Cn2c(=S)[nH]c3ccc(F)cc32)C1. The van der Waals surface area contributed by atoms with Crippen molar-refractivity contribution in [3.05, 3.63) is 28.8 Å². The van der Waals surface area contributed by atoms with Crippen molar-refractivity contribution in [2.45, 2.75) is 12.6 Å². The predicted octanol–water partition coefficient (Wildman–Crippen LogP) is 2.08. The summed E-state index contributed by atoms with van der Waals surface area (Å²) in [5.41, 5.74) is 1.74. The van der Waals surface area contributed by atoms with Crippen LogP contribution >= 0.6 is 12.2 Å². The molecule has 3 rings (SSSR count). The Morgan fingerprint density at radius 2 is 2.15 bits per heavy atom. The van der Waals surface area contributed by atoms with Crippen LogP contribution in [-0.4, -0.2) is 59.1 Å². The number of H-pyrrole nitrogens is 1. The van der Waals surface area contributed by atoms with Gasteiger partial charge in [-0.3, -0.25) is 4.90 Å². The van der Waals surface area contributed by atoms with Gasteiger partial charge >= 0.3 is 0 Å². The molecule has 108 valence electrons.